The molecule has 0 fully saturated rings. The maximum Gasteiger partial charge on any atom is 0.301 e. The van der Waals surface area contributed by atoms with Crippen LogP contribution >= 0.6 is 13.5 Å². The Morgan fingerprint density at radius 3 is 0.724 bits per heavy atom. The number of hydrogen-bond donors (Lipinski definition) is 4. The SMILES string of the molecule is CCCCCCCCCCCCN(CCCCCCCCCCCC)c1cc(N)c(N)c([N+](=O)[O-])c1.CCCCCCCCCCCCN(CCCCCCCCCCCC)c1cc([N+](=O)[O-])c(N)c([N+](=O)[O-])c1.N.S. The third-order valence-corrected chi connectivity index (χ3v) is 14.7. The molecule has 0 aliphatic carbocycles. The average molecular weight is 1090 g/mol. The van der Waals surface area contributed by atoms with Gasteiger partial charge in [0.1, 0.15) is 5.69 Å². The van der Waals surface area contributed by atoms with Crippen molar-refractivity contribution in [3.63, 3.8) is 0 Å². The van der Waals surface area contributed by atoms with E-state index >= 15 is 0 Å². The van der Waals surface area contributed by atoms with Crippen molar-refractivity contribution in [1.29, 1.82) is 0 Å². The first-order valence-corrected chi connectivity index (χ1v) is 30.5. The summed E-state index contributed by atoms with van der Waals surface area (Å²) in [4.78, 5) is 37.3. The molecule has 0 saturated carbocycles. The molecule has 0 amide bonds. The van der Waals surface area contributed by atoms with Crippen molar-refractivity contribution in [2.45, 2.75) is 285 Å². The number of anilines is 5. The lowest BCUT2D eigenvalue weighted by Crippen LogP contribution is -2.26. The lowest BCUT2D eigenvalue weighted by Gasteiger charge is -2.25. The molecule has 0 bridgehead atoms. The second kappa shape index (κ2) is 50.5. The van der Waals surface area contributed by atoms with Crippen LogP contribution in [0.2, 0.25) is 0 Å². The summed E-state index contributed by atoms with van der Waals surface area (Å²) in [6.45, 7) is 12.3. The molecule has 0 atom stereocenters. The van der Waals surface area contributed by atoms with Gasteiger partial charge in [-0.15, -0.1) is 0 Å². The van der Waals surface area contributed by atoms with Gasteiger partial charge in [-0.25, -0.2) is 0 Å². The van der Waals surface area contributed by atoms with Crippen molar-refractivity contribution in [3.8, 4) is 0 Å². The van der Waals surface area contributed by atoms with E-state index in [1.807, 2.05) is 6.07 Å². The Morgan fingerprint density at radius 1 is 0.329 bits per heavy atom. The average Bonchev–Trinajstić information content (AvgIpc) is 3.38. The molecule has 0 heterocycles. The lowest BCUT2D eigenvalue weighted by molar-refractivity contribution is -0.392. The summed E-state index contributed by atoms with van der Waals surface area (Å²) in [6, 6.07) is 6.25. The van der Waals surface area contributed by atoms with Gasteiger partial charge in [-0.2, -0.15) is 13.5 Å². The first-order chi connectivity index (χ1) is 35.9. The molecule has 2 rings (SSSR count). The fourth-order valence-electron chi connectivity index (χ4n) is 9.97. The summed E-state index contributed by atoms with van der Waals surface area (Å²) in [5.41, 5.74) is 18.2. The number of hydrogen-bond acceptors (Lipinski definition) is 12. The highest BCUT2D eigenvalue weighted by molar-refractivity contribution is 7.59. The predicted octanol–water partition coefficient (Wildman–Crippen LogP) is 19.4. The van der Waals surface area contributed by atoms with Gasteiger partial charge in [-0.1, -0.05) is 259 Å². The van der Waals surface area contributed by atoms with Gasteiger partial charge in [0.2, 0.25) is 0 Å². The number of nitro groups is 3. The molecule has 0 aromatic heterocycles. The zero-order valence-electron chi connectivity index (χ0n) is 49.0. The molecule has 2 aromatic rings. The Balaban J connectivity index is 0. The Kier molecular flexibility index (Phi) is 49.1. The van der Waals surface area contributed by atoms with E-state index in [0.29, 0.717) is 11.4 Å². The maximum absolute atomic E-state index is 11.5. The summed E-state index contributed by atoms with van der Waals surface area (Å²) in [5, 5.41) is 34.6. The van der Waals surface area contributed by atoms with Crippen LogP contribution in [0.3, 0.4) is 0 Å². The van der Waals surface area contributed by atoms with E-state index in [9.17, 15) is 30.3 Å². The van der Waals surface area contributed by atoms with Gasteiger partial charge in [-0.05, 0) is 31.7 Å². The number of nitro benzene ring substituents is 3. The van der Waals surface area contributed by atoms with Crippen LogP contribution < -0.4 is 33.2 Å². The molecule has 0 aliphatic rings. The van der Waals surface area contributed by atoms with Crippen molar-refractivity contribution >= 4 is 59.0 Å². The van der Waals surface area contributed by atoms with E-state index in [1.54, 1.807) is 6.07 Å². The van der Waals surface area contributed by atoms with Crippen molar-refractivity contribution in [1.82, 2.24) is 6.15 Å². The highest BCUT2D eigenvalue weighted by Gasteiger charge is 2.26. The van der Waals surface area contributed by atoms with Gasteiger partial charge in [0.05, 0.1) is 26.1 Å². The van der Waals surface area contributed by atoms with Crippen molar-refractivity contribution < 1.29 is 14.8 Å². The van der Waals surface area contributed by atoms with Gasteiger partial charge in [0, 0.05) is 50.1 Å². The van der Waals surface area contributed by atoms with Crippen LogP contribution in [-0.2, 0) is 0 Å². The van der Waals surface area contributed by atoms with E-state index in [2.05, 4.69) is 37.5 Å². The van der Waals surface area contributed by atoms with Crippen LogP contribution in [0.4, 0.5) is 45.5 Å². The summed E-state index contributed by atoms with van der Waals surface area (Å²) in [7, 11) is 0. The molecule has 0 spiro atoms. The predicted molar refractivity (Wildman–Crippen MR) is 333 cm³/mol. The topological polar surface area (TPSA) is 249 Å². The molecule has 9 N–H and O–H groups in total. The number of nitrogen functional groups attached to an aromatic ring is 3. The minimum Gasteiger partial charge on any atom is -0.397 e. The quantitative estimate of drug-likeness (QED) is 0.0209. The van der Waals surface area contributed by atoms with Crippen LogP contribution in [0.15, 0.2) is 24.3 Å². The number of unbranched alkanes of at least 4 members (excludes halogenated alkanes) is 36. The monoisotopic (exact) mass is 1090 g/mol. The molecule has 442 valence electrons. The molecular weight excluding hydrogens is 975 g/mol. The number of benzene rings is 2. The zero-order chi connectivity index (χ0) is 54.4. The van der Waals surface area contributed by atoms with E-state index in [-0.39, 0.29) is 48.1 Å². The second-order valence-electron chi connectivity index (χ2n) is 21.3. The summed E-state index contributed by atoms with van der Waals surface area (Å²) in [6.07, 6.45) is 50.7. The fraction of sp³-hybridized carbons (Fsp3) is 0.800. The summed E-state index contributed by atoms with van der Waals surface area (Å²) in [5.74, 6) is 0. The third-order valence-electron chi connectivity index (χ3n) is 14.7. The smallest absolute Gasteiger partial charge is 0.301 e. The van der Waals surface area contributed by atoms with Gasteiger partial charge in [-0.3, -0.25) is 30.3 Å². The fourth-order valence-corrected chi connectivity index (χ4v) is 9.97. The van der Waals surface area contributed by atoms with Crippen LogP contribution in [0, 0.1) is 30.3 Å². The molecule has 76 heavy (non-hydrogen) atoms. The van der Waals surface area contributed by atoms with Gasteiger partial charge in [0.15, 0.2) is 5.69 Å². The van der Waals surface area contributed by atoms with Crippen LogP contribution in [0.25, 0.3) is 0 Å². The molecule has 0 radical (unpaired) electrons. The van der Waals surface area contributed by atoms with Crippen LogP contribution in [0.1, 0.15) is 285 Å². The Bertz CT molecular complexity index is 1660. The molecule has 0 unspecified atom stereocenters. The van der Waals surface area contributed by atoms with Crippen LogP contribution in [-0.4, -0.2) is 40.9 Å². The second-order valence-corrected chi connectivity index (χ2v) is 21.3. The Hall–Kier alpha value is -4.05. The minimum atomic E-state index is -0.620. The molecule has 0 saturated heterocycles. The Labute approximate surface area is 470 Å². The van der Waals surface area contributed by atoms with Crippen molar-refractivity contribution in [2.75, 3.05) is 53.2 Å². The van der Waals surface area contributed by atoms with Crippen molar-refractivity contribution in [3.05, 3.63) is 54.6 Å². The van der Waals surface area contributed by atoms with E-state index in [1.165, 1.54) is 230 Å². The summed E-state index contributed by atoms with van der Waals surface area (Å²) < 4.78 is 0. The lowest BCUT2D eigenvalue weighted by atomic mass is 10.1. The Morgan fingerprint density at radius 2 is 0.513 bits per heavy atom. The van der Waals surface area contributed by atoms with Gasteiger partial charge in [0.25, 0.3) is 5.69 Å². The zero-order valence-corrected chi connectivity index (χ0v) is 50.0. The maximum atomic E-state index is 11.5. The van der Waals surface area contributed by atoms with Gasteiger partial charge >= 0.3 is 11.4 Å². The molecule has 15 nitrogen and oxygen atoms in total. The molecule has 2 aromatic carbocycles. The standard InChI is InChI=1S/C30H54N4O4.C30H56N4O2.H3N.H2S/c1-3-5-7-9-11-13-15-17-19-21-23-32(24-22-20-18-16-14-12-10-8-6-4-2)27-25-28(33(35)36)30(31)29(26-27)34(37)38;1-3-5-7-9-11-13-15-17-19-21-23-33(24-22-20-18-16-14-12-10-8-6-4-2)27-25-28(31)30(32)29(26-27)34(35)36;;/h25-26H,3-24,31H2,1-2H3;25-26H,3-24,31-32H2,1-2H3;1H3;1H2. The number of nitrogens with two attached hydrogens (primary N) is 3. The van der Waals surface area contributed by atoms with Crippen LogP contribution in [0.5, 0.6) is 0 Å². The van der Waals surface area contributed by atoms with Gasteiger partial charge < -0.3 is 33.2 Å². The first kappa shape index (κ1) is 74.0. The number of nitrogens with zero attached hydrogens (tertiary/aromatic N) is 5. The largest absolute Gasteiger partial charge is 0.397 e. The van der Waals surface area contributed by atoms with E-state index in [0.717, 1.165) is 70.4 Å². The highest BCUT2D eigenvalue weighted by Crippen LogP contribution is 2.37. The first-order valence-electron chi connectivity index (χ1n) is 30.5. The van der Waals surface area contributed by atoms with E-state index in [4.69, 9.17) is 17.2 Å². The highest BCUT2D eigenvalue weighted by atomic mass is 32.1. The van der Waals surface area contributed by atoms with E-state index < -0.39 is 14.8 Å². The van der Waals surface area contributed by atoms with Crippen molar-refractivity contribution in [2.24, 2.45) is 0 Å². The molecule has 16 heteroatoms. The normalized spacial score (nSPS) is 10.8. The molecule has 0 aliphatic heterocycles. The number of rotatable bonds is 49. The molecular formula is C60H115N9O6S. The summed E-state index contributed by atoms with van der Waals surface area (Å²) >= 11 is 0. The third kappa shape index (κ3) is 36.1. The minimum absolute atomic E-state index is 0.